The first-order chi connectivity index (χ1) is 8.86. The molecule has 0 bridgehead atoms. The van der Waals surface area contributed by atoms with Crippen molar-refractivity contribution >= 4 is 23.1 Å². The Labute approximate surface area is 120 Å². The molecule has 1 aliphatic heterocycles. The number of ether oxygens (including phenoxy) is 1. The number of rotatable bonds is 3. The molecule has 0 aromatic rings. The van der Waals surface area contributed by atoms with E-state index in [9.17, 15) is 4.79 Å². The van der Waals surface area contributed by atoms with Crippen LogP contribution in [0.2, 0.25) is 0 Å². The molecule has 1 saturated carbocycles. The van der Waals surface area contributed by atoms with Crippen molar-refractivity contribution in [3.05, 3.63) is 0 Å². The summed E-state index contributed by atoms with van der Waals surface area (Å²) in [5, 5.41) is 3.16. The van der Waals surface area contributed by atoms with Crippen LogP contribution in [0.15, 0.2) is 0 Å². The third-order valence-corrected chi connectivity index (χ3v) is 4.95. The molecule has 19 heavy (non-hydrogen) atoms. The fourth-order valence-electron chi connectivity index (χ4n) is 3.19. The summed E-state index contributed by atoms with van der Waals surface area (Å²) in [7, 11) is 0. The van der Waals surface area contributed by atoms with Gasteiger partial charge in [0.25, 0.3) is 0 Å². The van der Waals surface area contributed by atoms with Gasteiger partial charge in [0.1, 0.15) is 5.41 Å². The topological polar surface area (TPSA) is 64.4 Å². The molecule has 1 atom stereocenters. The Kier molecular flexibility index (Phi) is 4.16. The summed E-state index contributed by atoms with van der Waals surface area (Å²) in [6.07, 6.45) is 4.43. The molecule has 0 radical (unpaired) electrons. The normalized spacial score (nSPS) is 28.8. The van der Waals surface area contributed by atoms with Crippen LogP contribution < -0.4 is 11.1 Å². The average molecular weight is 284 g/mol. The number of hydrogen-bond donors (Lipinski definition) is 2. The van der Waals surface area contributed by atoms with Gasteiger partial charge in [-0.3, -0.25) is 4.79 Å². The average Bonchev–Trinajstić information content (AvgIpc) is 2.69. The molecule has 0 aromatic heterocycles. The van der Waals surface area contributed by atoms with E-state index in [0.717, 1.165) is 19.3 Å². The highest BCUT2D eigenvalue weighted by Crippen LogP contribution is 2.38. The summed E-state index contributed by atoms with van der Waals surface area (Å²) in [5.41, 5.74) is 5.47. The van der Waals surface area contributed by atoms with Gasteiger partial charge in [0.15, 0.2) is 0 Å². The minimum atomic E-state index is -0.694. The number of thiocarbonyl (C=S) groups is 1. The number of carbonyl (C=O) groups excluding carboxylic acids is 1. The van der Waals surface area contributed by atoms with Crippen molar-refractivity contribution in [2.45, 2.75) is 52.0 Å². The predicted octanol–water partition coefficient (Wildman–Crippen LogP) is 1.76. The largest absolute Gasteiger partial charge is 0.392 e. The van der Waals surface area contributed by atoms with Crippen LogP contribution >= 0.6 is 12.2 Å². The molecule has 1 saturated heterocycles. The maximum atomic E-state index is 12.6. The molecule has 5 heteroatoms. The van der Waals surface area contributed by atoms with Crippen molar-refractivity contribution in [1.29, 1.82) is 0 Å². The fourth-order valence-corrected chi connectivity index (χ4v) is 3.48. The first-order valence-corrected chi connectivity index (χ1v) is 7.45. The molecule has 2 fully saturated rings. The molecular formula is C14H24N2O2S. The lowest BCUT2D eigenvalue weighted by molar-refractivity contribution is -0.132. The van der Waals surface area contributed by atoms with Gasteiger partial charge in [0.05, 0.1) is 4.99 Å². The van der Waals surface area contributed by atoms with Gasteiger partial charge in [-0.15, -0.1) is 0 Å². The van der Waals surface area contributed by atoms with E-state index in [1.54, 1.807) is 0 Å². The third-order valence-electron chi connectivity index (χ3n) is 4.56. The Balaban J connectivity index is 2.03. The molecule has 3 N–H and O–H groups in total. The first kappa shape index (κ1) is 14.7. The quantitative estimate of drug-likeness (QED) is 0.775. The van der Waals surface area contributed by atoms with Gasteiger partial charge in [0, 0.05) is 19.3 Å². The van der Waals surface area contributed by atoms with E-state index in [-0.39, 0.29) is 11.9 Å². The molecule has 1 unspecified atom stereocenters. The monoisotopic (exact) mass is 284 g/mol. The van der Waals surface area contributed by atoms with E-state index < -0.39 is 5.41 Å². The molecule has 1 heterocycles. The maximum absolute atomic E-state index is 12.6. The van der Waals surface area contributed by atoms with Gasteiger partial charge in [-0.1, -0.05) is 26.1 Å². The van der Waals surface area contributed by atoms with Gasteiger partial charge in [-0.25, -0.2) is 0 Å². The highest BCUT2D eigenvalue weighted by Gasteiger charge is 2.44. The molecular weight excluding hydrogens is 260 g/mol. The summed E-state index contributed by atoms with van der Waals surface area (Å²) >= 11 is 5.15. The predicted molar refractivity (Wildman–Crippen MR) is 78.8 cm³/mol. The Morgan fingerprint density at radius 2 is 1.95 bits per heavy atom. The van der Waals surface area contributed by atoms with Gasteiger partial charge in [-0.05, 0) is 37.5 Å². The van der Waals surface area contributed by atoms with E-state index in [4.69, 9.17) is 22.7 Å². The minimum absolute atomic E-state index is 0.00556. The number of carbonyl (C=O) groups is 1. The van der Waals surface area contributed by atoms with Gasteiger partial charge in [-0.2, -0.15) is 0 Å². The highest BCUT2D eigenvalue weighted by molar-refractivity contribution is 7.80. The van der Waals surface area contributed by atoms with Crippen LogP contribution in [0.25, 0.3) is 0 Å². The Hall–Kier alpha value is -0.680. The van der Waals surface area contributed by atoms with Crippen LogP contribution in [0, 0.1) is 10.8 Å². The van der Waals surface area contributed by atoms with E-state index in [2.05, 4.69) is 19.2 Å². The summed E-state index contributed by atoms with van der Waals surface area (Å²) in [5.74, 6) is 0.00556. The van der Waals surface area contributed by atoms with Crippen molar-refractivity contribution in [2.75, 3.05) is 13.2 Å². The van der Waals surface area contributed by atoms with Crippen molar-refractivity contribution in [3.63, 3.8) is 0 Å². The van der Waals surface area contributed by atoms with Gasteiger partial charge >= 0.3 is 0 Å². The molecule has 1 amide bonds. The van der Waals surface area contributed by atoms with Crippen molar-refractivity contribution in [2.24, 2.45) is 16.6 Å². The van der Waals surface area contributed by atoms with E-state index in [1.807, 2.05) is 0 Å². The molecule has 2 rings (SSSR count). The minimum Gasteiger partial charge on any atom is -0.392 e. The molecule has 2 aliphatic rings. The summed E-state index contributed by atoms with van der Waals surface area (Å²) in [4.78, 5) is 12.9. The van der Waals surface area contributed by atoms with Crippen LogP contribution in [0.1, 0.15) is 46.0 Å². The van der Waals surface area contributed by atoms with Crippen molar-refractivity contribution in [1.82, 2.24) is 5.32 Å². The Morgan fingerprint density at radius 1 is 1.32 bits per heavy atom. The third kappa shape index (κ3) is 3.08. The molecule has 1 aliphatic carbocycles. The molecule has 4 nitrogen and oxygen atoms in total. The van der Waals surface area contributed by atoms with Crippen LogP contribution in [0.4, 0.5) is 0 Å². The van der Waals surface area contributed by atoms with E-state index in [1.165, 1.54) is 0 Å². The zero-order valence-electron chi connectivity index (χ0n) is 11.8. The van der Waals surface area contributed by atoms with Gasteiger partial charge < -0.3 is 15.8 Å². The van der Waals surface area contributed by atoms with Gasteiger partial charge in [0.2, 0.25) is 5.91 Å². The second-order valence-corrected chi connectivity index (χ2v) is 7.08. The zero-order chi connectivity index (χ0) is 14.1. The Morgan fingerprint density at radius 3 is 2.42 bits per heavy atom. The SMILES string of the molecule is CC1(C)CCC(NC(=O)C2(C(N)=S)CCOCC2)C1. The Bertz CT molecular complexity index is 376. The summed E-state index contributed by atoms with van der Waals surface area (Å²) < 4.78 is 5.33. The van der Waals surface area contributed by atoms with Crippen LogP contribution in [0.5, 0.6) is 0 Å². The number of amides is 1. The number of hydrogen-bond acceptors (Lipinski definition) is 3. The number of nitrogens with one attached hydrogen (secondary N) is 1. The van der Waals surface area contributed by atoms with Crippen LogP contribution in [-0.4, -0.2) is 30.2 Å². The lowest BCUT2D eigenvalue weighted by atomic mass is 9.79. The lowest BCUT2D eigenvalue weighted by Gasteiger charge is -2.35. The molecule has 0 spiro atoms. The summed E-state index contributed by atoms with van der Waals surface area (Å²) in [6.45, 7) is 5.61. The molecule has 108 valence electrons. The van der Waals surface area contributed by atoms with E-state index in [0.29, 0.717) is 36.5 Å². The second kappa shape index (κ2) is 5.37. The standard InChI is InChI=1S/C14H24N2O2S/c1-13(2)4-3-10(9-13)16-12(17)14(11(15)19)5-7-18-8-6-14/h10H,3-9H2,1-2H3,(H2,15,19)(H,16,17). The highest BCUT2D eigenvalue weighted by atomic mass is 32.1. The van der Waals surface area contributed by atoms with Crippen LogP contribution in [-0.2, 0) is 9.53 Å². The van der Waals surface area contributed by atoms with E-state index >= 15 is 0 Å². The smallest absolute Gasteiger partial charge is 0.233 e. The van der Waals surface area contributed by atoms with Crippen LogP contribution in [0.3, 0.4) is 0 Å². The molecule has 0 aromatic carbocycles. The fraction of sp³-hybridized carbons (Fsp3) is 0.857. The second-order valence-electron chi connectivity index (χ2n) is 6.64. The van der Waals surface area contributed by atoms with Crippen molar-refractivity contribution < 1.29 is 9.53 Å². The lowest BCUT2D eigenvalue weighted by Crippen LogP contribution is -2.53. The maximum Gasteiger partial charge on any atom is 0.233 e. The number of nitrogens with two attached hydrogens (primary N) is 1. The van der Waals surface area contributed by atoms with Crippen molar-refractivity contribution in [3.8, 4) is 0 Å². The first-order valence-electron chi connectivity index (χ1n) is 7.04. The summed E-state index contributed by atoms with van der Waals surface area (Å²) in [6, 6.07) is 0.261. The zero-order valence-corrected chi connectivity index (χ0v) is 12.6.